The summed E-state index contributed by atoms with van der Waals surface area (Å²) in [6.45, 7) is 4.69. The number of benzene rings is 5. The third kappa shape index (κ3) is 4.23. The molecular formula is C47H36N2O. The Morgan fingerprint density at radius 2 is 1.42 bits per heavy atom. The van der Waals surface area contributed by atoms with Gasteiger partial charge in [-0.3, -0.25) is 0 Å². The van der Waals surface area contributed by atoms with Crippen molar-refractivity contribution in [2.45, 2.75) is 32.1 Å². The second-order valence-corrected chi connectivity index (χ2v) is 14.2. The molecule has 3 nitrogen and oxygen atoms in total. The summed E-state index contributed by atoms with van der Waals surface area (Å²) in [7, 11) is 0. The molecule has 5 aromatic carbocycles. The average Bonchev–Trinajstić information content (AvgIpc) is 3.45. The van der Waals surface area contributed by atoms with E-state index in [1.54, 1.807) is 0 Å². The van der Waals surface area contributed by atoms with E-state index < -0.39 is 0 Å². The fourth-order valence-electron chi connectivity index (χ4n) is 8.99. The third-order valence-corrected chi connectivity index (χ3v) is 11.2. The number of aromatic nitrogens is 2. The van der Waals surface area contributed by atoms with Gasteiger partial charge < -0.3 is 4.74 Å². The molecule has 0 fully saturated rings. The first kappa shape index (κ1) is 29.1. The minimum Gasteiger partial charge on any atom is -0.457 e. The van der Waals surface area contributed by atoms with E-state index in [9.17, 15) is 0 Å². The molecule has 3 atom stereocenters. The molecule has 1 aromatic heterocycles. The standard InChI is InChI=1S/C47H36N2O/c1-29-23-24-39-37(25-29)34-17-6-8-19-38(34)47(39)40-20-9-11-22-43(40)50-44-28-36(30(2)26-41(44)47)32-15-12-16-33(27-32)46-48-42-21-10-7-18-35(42)45(49-46)31-13-4-3-5-14-31/h3-24,27-30H,25-26H2,1-2H3/t29?,30?,47-/m0/s1. The minimum atomic E-state index is -0.363. The molecule has 0 saturated heterocycles. The van der Waals surface area contributed by atoms with Gasteiger partial charge in [0.1, 0.15) is 11.5 Å². The highest BCUT2D eigenvalue weighted by Gasteiger charge is 2.53. The van der Waals surface area contributed by atoms with Gasteiger partial charge in [-0.25, -0.2) is 9.97 Å². The third-order valence-electron chi connectivity index (χ3n) is 11.2. The van der Waals surface area contributed by atoms with E-state index in [2.05, 4.69) is 147 Å². The van der Waals surface area contributed by atoms with E-state index in [1.807, 2.05) is 12.1 Å². The smallest absolute Gasteiger partial charge is 0.160 e. The highest BCUT2D eigenvalue weighted by atomic mass is 16.5. The molecule has 0 amide bonds. The molecule has 0 radical (unpaired) electrons. The van der Waals surface area contributed by atoms with Crippen LogP contribution in [0.3, 0.4) is 0 Å². The summed E-state index contributed by atoms with van der Waals surface area (Å²) >= 11 is 0. The number of nitrogens with zero attached hydrogens (tertiary/aromatic N) is 2. The SMILES string of the molecule is CC1C=CC2=C(C1)c1ccccc1[C@]21C2=C(C=C(c3cccc(-c4nc(-c5ccccc5)c5ccccc5n4)c3)C(C)C2)Oc2ccccc21. The van der Waals surface area contributed by atoms with E-state index in [4.69, 9.17) is 14.7 Å². The molecule has 3 heteroatoms. The van der Waals surface area contributed by atoms with Crippen molar-refractivity contribution in [2.75, 3.05) is 0 Å². The lowest BCUT2D eigenvalue weighted by Crippen LogP contribution is -2.37. The first-order chi connectivity index (χ1) is 24.6. The number of rotatable bonds is 3. The van der Waals surface area contributed by atoms with Crippen LogP contribution in [0.15, 0.2) is 163 Å². The number of ether oxygens (including phenoxy) is 1. The largest absolute Gasteiger partial charge is 0.457 e. The van der Waals surface area contributed by atoms with Gasteiger partial charge in [0.15, 0.2) is 5.82 Å². The van der Waals surface area contributed by atoms with Gasteiger partial charge in [-0.2, -0.15) is 0 Å². The predicted octanol–water partition coefficient (Wildman–Crippen LogP) is 11.4. The van der Waals surface area contributed by atoms with E-state index in [-0.39, 0.29) is 11.3 Å². The van der Waals surface area contributed by atoms with Gasteiger partial charge in [0, 0.05) is 22.1 Å². The summed E-state index contributed by atoms with van der Waals surface area (Å²) in [5, 5.41) is 1.05. The van der Waals surface area contributed by atoms with Gasteiger partial charge in [0.2, 0.25) is 0 Å². The number of fused-ring (bicyclic) bond motifs is 8. The summed E-state index contributed by atoms with van der Waals surface area (Å²) < 4.78 is 6.90. The topological polar surface area (TPSA) is 35.0 Å². The Morgan fingerprint density at radius 1 is 0.680 bits per heavy atom. The lowest BCUT2D eigenvalue weighted by Gasteiger charge is -2.44. The lowest BCUT2D eigenvalue weighted by atomic mass is 9.61. The molecule has 2 unspecified atom stereocenters. The van der Waals surface area contributed by atoms with Gasteiger partial charge in [0.05, 0.1) is 16.6 Å². The fraction of sp³-hybridized carbons (Fsp3) is 0.149. The maximum Gasteiger partial charge on any atom is 0.160 e. The molecule has 10 rings (SSSR count). The molecular weight excluding hydrogens is 609 g/mol. The zero-order valence-electron chi connectivity index (χ0n) is 28.2. The number of para-hydroxylation sites is 2. The van der Waals surface area contributed by atoms with Crippen LogP contribution in [0.4, 0.5) is 0 Å². The van der Waals surface area contributed by atoms with Gasteiger partial charge in [-0.05, 0) is 87.9 Å². The van der Waals surface area contributed by atoms with Crippen LogP contribution in [0.2, 0.25) is 0 Å². The minimum absolute atomic E-state index is 0.274. The van der Waals surface area contributed by atoms with Crippen molar-refractivity contribution in [1.29, 1.82) is 0 Å². The molecule has 0 saturated carbocycles. The quantitative estimate of drug-likeness (QED) is 0.192. The van der Waals surface area contributed by atoms with Gasteiger partial charge >= 0.3 is 0 Å². The van der Waals surface area contributed by atoms with Crippen LogP contribution in [-0.4, -0.2) is 9.97 Å². The zero-order valence-corrected chi connectivity index (χ0v) is 28.2. The van der Waals surface area contributed by atoms with Gasteiger partial charge in [-0.1, -0.05) is 135 Å². The van der Waals surface area contributed by atoms with Gasteiger partial charge in [-0.15, -0.1) is 0 Å². The number of allylic oxidation sites excluding steroid dienone is 7. The van der Waals surface area contributed by atoms with Crippen LogP contribution < -0.4 is 4.74 Å². The lowest BCUT2D eigenvalue weighted by molar-refractivity contribution is 0.382. The van der Waals surface area contributed by atoms with Crippen LogP contribution in [0.1, 0.15) is 48.9 Å². The van der Waals surface area contributed by atoms with Crippen LogP contribution in [0.5, 0.6) is 5.75 Å². The number of hydrogen-bond acceptors (Lipinski definition) is 3. The number of hydrogen-bond donors (Lipinski definition) is 0. The summed E-state index contributed by atoms with van der Waals surface area (Å²) in [6.07, 6.45) is 9.12. The van der Waals surface area contributed by atoms with Crippen molar-refractivity contribution in [3.8, 4) is 28.4 Å². The van der Waals surface area contributed by atoms with Crippen molar-refractivity contribution >= 4 is 22.0 Å². The van der Waals surface area contributed by atoms with E-state index in [0.29, 0.717) is 5.92 Å². The fourth-order valence-corrected chi connectivity index (χ4v) is 8.99. The molecule has 3 aliphatic carbocycles. The van der Waals surface area contributed by atoms with E-state index in [0.717, 1.165) is 57.9 Å². The van der Waals surface area contributed by atoms with Gasteiger partial charge in [0.25, 0.3) is 0 Å². The Morgan fingerprint density at radius 3 is 2.32 bits per heavy atom. The Balaban J connectivity index is 1.14. The monoisotopic (exact) mass is 644 g/mol. The molecule has 6 aromatic rings. The summed E-state index contributed by atoms with van der Waals surface area (Å²) in [4.78, 5) is 10.2. The second kappa shape index (κ2) is 11.1. The summed E-state index contributed by atoms with van der Waals surface area (Å²) in [5.41, 5.74) is 14.4. The molecule has 1 aliphatic heterocycles. The molecule has 1 spiro atoms. The van der Waals surface area contributed by atoms with E-state index in [1.165, 1.54) is 44.5 Å². The van der Waals surface area contributed by atoms with Crippen LogP contribution in [0.25, 0.3) is 44.7 Å². The molecule has 240 valence electrons. The summed E-state index contributed by atoms with van der Waals surface area (Å²) in [6, 6.07) is 45.3. The highest BCUT2D eigenvalue weighted by molar-refractivity contribution is 5.94. The maximum absolute atomic E-state index is 6.90. The van der Waals surface area contributed by atoms with Crippen LogP contribution in [0, 0.1) is 11.8 Å². The predicted molar refractivity (Wildman–Crippen MR) is 203 cm³/mol. The molecule has 0 bridgehead atoms. The Labute approximate surface area is 293 Å². The average molecular weight is 645 g/mol. The molecule has 2 heterocycles. The van der Waals surface area contributed by atoms with Crippen LogP contribution in [-0.2, 0) is 5.41 Å². The summed E-state index contributed by atoms with van der Waals surface area (Å²) in [5.74, 6) is 3.44. The van der Waals surface area contributed by atoms with Crippen molar-refractivity contribution in [2.24, 2.45) is 11.8 Å². The first-order valence-corrected chi connectivity index (χ1v) is 17.8. The normalized spacial score (nSPS) is 21.8. The van der Waals surface area contributed by atoms with E-state index >= 15 is 0 Å². The van der Waals surface area contributed by atoms with Crippen molar-refractivity contribution in [3.63, 3.8) is 0 Å². The first-order valence-electron chi connectivity index (χ1n) is 17.8. The van der Waals surface area contributed by atoms with Crippen LogP contribution >= 0.6 is 0 Å². The maximum atomic E-state index is 6.90. The Kier molecular flexibility index (Phi) is 6.48. The van der Waals surface area contributed by atoms with Crippen molar-refractivity contribution in [1.82, 2.24) is 9.97 Å². The van der Waals surface area contributed by atoms with Crippen molar-refractivity contribution < 1.29 is 4.74 Å². The zero-order chi connectivity index (χ0) is 33.4. The molecule has 50 heavy (non-hydrogen) atoms. The second-order valence-electron chi connectivity index (χ2n) is 14.2. The molecule has 0 N–H and O–H groups in total. The molecule has 4 aliphatic rings. The Bertz CT molecular complexity index is 2500. The Hall–Kier alpha value is -5.80. The highest BCUT2D eigenvalue weighted by Crippen LogP contribution is 2.63. The van der Waals surface area contributed by atoms with Crippen molar-refractivity contribution in [3.05, 3.63) is 185 Å².